The highest BCUT2D eigenvalue weighted by Crippen LogP contribution is 2.38. The van der Waals surface area contributed by atoms with Crippen molar-refractivity contribution in [3.63, 3.8) is 0 Å². The van der Waals surface area contributed by atoms with Gasteiger partial charge in [-0.15, -0.1) is 0 Å². The Hall–Kier alpha value is -0.800. The van der Waals surface area contributed by atoms with Gasteiger partial charge in [0.25, 0.3) is 0 Å². The first-order valence-corrected chi connectivity index (χ1v) is 7.83. The summed E-state index contributed by atoms with van der Waals surface area (Å²) in [4.78, 5) is 2.67. The van der Waals surface area contributed by atoms with Crippen molar-refractivity contribution in [1.29, 1.82) is 0 Å². The van der Waals surface area contributed by atoms with Gasteiger partial charge in [-0.2, -0.15) is 0 Å². The minimum atomic E-state index is 0.753. The number of fused-ring (bicyclic) bond motifs is 2. The predicted molar refractivity (Wildman–Crippen MR) is 74.8 cm³/mol. The first kappa shape index (κ1) is 12.0. The average molecular weight is 260 g/mol. The van der Waals surface area contributed by atoms with Gasteiger partial charge in [0.05, 0.1) is 6.54 Å². The number of hydrogen-bond donors (Lipinski definition) is 1. The summed E-state index contributed by atoms with van der Waals surface area (Å²) in [6, 6.07) is 3.88. The minimum Gasteiger partial charge on any atom is -0.465 e. The standard InChI is InChI=1S/C16H24N2O/c1-11-13(7-16(19-11)8-17-14-3-4-14)10-18-9-12-2-5-15(18)6-12/h7,12,14-15,17H,2-6,8-10H2,1H3. The highest BCUT2D eigenvalue weighted by molar-refractivity contribution is 5.21. The number of aryl methyl sites for hydroxylation is 1. The van der Waals surface area contributed by atoms with Crippen LogP contribution in [0, 0.1) is 12.8 Å². The number of nitrogens with zero attached hydrogens (tertiary/aromatic N) is 1. The van der Waals surface area contributed by atoms with Gasteiger partial charge < -0.3 is 9.73 Å². The van der Waals surface area contributed by atoms with Crippen LogP contribution < -0.4 is 5.32 Å². The first-order valence-electron chi connectivity index (χ1n) is 7.83. The second kappa shape index (κ2) is 4.64. The molecule has 3 heteroatoms. The van der Waals surface area contributed by atoms with Crippen molar-refractivity contribution in [1.82, 2.24) is 10.2 Å². The summed E-state index contributed by atoms with van der Waals surface area (Å²) in [7, 11) is 0. The molecule has 1 N–H and O–H groups in total. The van der Waals surface area contributed by atoms with Crippen molar-refractivity contribution in [3.05, 3.63) is 23.2 Å². The molecule has 0 aromatic carbocycles. The van der Waals surface area contributed by atoms with Crippen LogP contribution in [0.15, 0.2) is 10.5 Å². The predicted octanol–water partition coefficient (Wildman–Crippen LogP) is 2.82. The van der Waals surface area contributed by atoms with Crippen LogP contribution in [0.5, 0.6) is 0 Å². The molecule has 1 saturated heterocycles. The van der Waals surface area contributed by atoms with Gasteiger partial charge in [-0.05, 0) is 51.0 Å². The van der Waals surface area contributed by atoms with Gasteiger partial charge in [0.2, 0.25) is 0 Å². The smallest absolute Gasteiger partial charge is 0.118 e. The average Bonchev–Trinajstić information content (AvgIpc) is 2.83. The van der Waals surface area contributed by atoms with Gasteiger partial charge in [-0.3, -0.25) is 4.90 Å². The van der Waals surface area contributed by atoms with Crippen molar-refractivity contribution in [2.75, 3.05) is 6.54 Å². The lowest BCUT2D eigenvalue weighted by Crippen LogP contribution is -2.31. The molecular formula is C16H24N2O. The molecule has 3 nitrogen and oxygen atoms in total. The second-order valence-corrected chi connectivity index (χ2v) is 6.71. The Labute approximate surface area is 115 Å². The van der Waals surface area contributed by atoms with Crippen LogP contribution in [-0.2, 0) is 13.1 Å². The third kappa shape index (κ3) is 2.46. The zero-order chi connectivity index (χ0) is 12.8. The van der Waals surface area contributed by atoms with Crippen molar-refractivity contribution in [3.8, 4) is 0 Å². The monoisotopic (exact) mass is 260 g/mol. The topological polar surface area (TPSA) is 28.4 Å². The number of rotatable bonds is 5. The molecule has 3 fully saturated rings. The fraction of sp³-hybridized carbons (Fsp3) is 0.750. The molecule has 1 aromatic heterocycles. The zero-order valence-corrected chi connectivity index (χ0v) is 11.8. The number of likely N-dealkylation sites (tertiary alicyclic amines) is 1. The van der Waals surface area contributed by atoms with E-state index in [-0.39, 0.29) is 0 Å². The lowest BCUT2D eigenvalue weighted by molar-refractivity contribution is 0.204. The normalized spacial score (nSPS) is 30.4. The molecule has 0 amide bonds. The van der Waals surface area contributed by atoms with Gasteiger partial charge in [-0.1, -0.05) is 0 Å². The quantitative estimate of drug-likeness (QED) is 0.882. The van der Waals surface area contributed by atoms with E-state index in [1.54, 1.807) is 0 Å². The summed E-state index contributed by atoms with van der Waals surface area (Å²) in [5.41, 5.74) is 1.40. The van der Waals surface area contributed by atoms with Crippen LogP contribution >= 0.6 is 0 Å². The summed E-state index contributed by atoms with van der Waals surface area (Å²) in [5.74, 6) is 3.22. The fourth-order valence-corrected chi connectivity index (χ4v) is 3.80. The highest BCUT2D eigenvalue weighted by Gasteiger charge is 2.37. The number of hydrogen-bond acceptors (Lipinski definition) is 3. The van der Waals surface area contributed by atoms with Gasteiger partial charge >= 0.3 is 0 Å². The fourth-order valence-electron chi connectivity index (χ4n) is 3.80. The Morgan fingerprint density at radius 1 is 1.32 bits per heavy atom. The Kier molecular flexibility index (Phi) is 2.92. The molecule has 0 spiro atoms. The molecule has 1 aromatic rings. The van der Waals surface area contributed by atoms with Crippen molar-refractivity contribution < 1.29 is 4.42 Å². The van der Waals surface area contributed by atoms with Crippen molar-refractivity contribution >= 4 is 0 Å². The van der Waals surface area contributed by atoms with Gasteiger partial charge in [0, 0.05) is 30.7 Å². The van der Waals surface area contributed by atoms with E-state index in [1.165, 1.54) is 44.2 Å². The van der Waals surface area contributed by atoms with E-state index in [9.17, 15) is 0 Å². The van der Waals surface area contributed by atoms with Crippen molar-refractivity contribution in [2.24, 2.45) is 5.92 Å². The Balaban J connectivity index is 1.39. The van der Waals surface area contributed by atoms with Crippen LogP contribution in [-0.4, -0.2) is 23.5 Å². The van der Waals surface area contributed by atoms with Gasteiger partial charge in [0.15, 0.2) is 0 Å². The lowest BCUT2D eigenvalue weighted by Gasteiger charge is -2.26. The van der Waals surface area contributed by atoms with E-state index in [4.69, 9.17) is 4.42 Å². The highest BCUT2D eigenvalue weighted by atomic mass is 16.3. The summed E-state index contributed by atoms with van der Waals surface area (Å²) >= 11 is 0. The lowest BCUT2D eigenvalue weighted by atomic mass is 10.1. The molecule has 4 rings (SSSR count). The molecule has 1 aliphatic heterocycles. The van der Waals surface area contributed by atoms with Crippen molar-refractivity contribution in [2.45, 2.75) is 64.2 Å². The van der Waals surface area contributed by atoms with E-state index < -0.39 is 0 Å². The van der Waals surface area contributed by atoms with E-state index >= 15 is 0 Å². The number of piperidine rings is 1. The van der Waals surface area contributed by atoms with Crippen LogP contribution in [0.4, 0.5) is 0 Å². The third-order valence-electron chi connectivity index (χ3n) is 5.11. The molecule has 2 heterocycles. The zero-order valence-electron chi connectivity index (χ0n) is 11.8. The largest absolute Gasteiger partial charge is 0.465 e. The Morgan fingerprint density at radius 2 is 2.21 bits per heavy atom. The molecule has 19 heavy (non-hydrogen) atoms. The summed E-state index contributed by atoms with van der Waals surface area (Å²) < 4.78 is 5.89. The van der Waals surface area contributed by atoms with Crippen LogP contribution in [0.2, 0.25) is 0 Å². The van der Waals surface area contributed by atoms with E-state index in [0.717, 1.165) is 42.6 Å². The molecule has 2 unspecified atom stereocenters. The molecule has 2 saturated carbocycles. The van der Waals surface area contributed by atoms with E-state index in [1.807, 2.05) is 0 Å². The van der Waals surface area contributed by atoms with Crippen LogP contribution in [0.3, 0.4) is 0 Å². The maximum atomic E-state index is 5.89. The number of nitrogens with one attached hydrogen (secondary N) is 1. The summed E-state index contributed by atoms with van der Waals surface area (Å²) in [6.07, 6.45) is 6.99. The third-order valence-corrected chi connectivity index (χ3v) is 5.11. The first-order chi connectivity index (χ1) is 9.28. The number of furan rings is 1. The molecule has 0 radical (unpaired) electrons. The Morgan fingerprint density at radius 3 is 2.89 bits per heavy atom. The van der Waals surface area contributed by atoms with E-state index in [2.05, 4.69) is 23.2 Å². The van der Waals surface area contributed by atoms with Crippen LogP contribution in [0.1, 0.15) is 49.2 Å². The molecule has 3 aliphatic rings. The van der Waals surface area contributed by atoms with E-state index in [0.29, 0.717) is 0 Å². The SMILES string of the molecule is Cc1oc(CNC2CC2)cc1CN1CC2CCC1C2. The maximum Gasteiger partial charge on any atom is 0.118 e. The van der Waals surface area contributed by atoms with Gasteiger partial charge in [-0.25, -0.2) is 0 Å². The molecule has 2 bridgehead atoms. The molecule has 104 valence electrons. The minimum absolute atomic E-state index is 0.753. The molecular weight excluding hydrogens is 236 g/mol. The summed E-state index contributed by atoms with van der Waals surface area (Å²) in [5, 5.41) is 3.53. The Bertz CT molecular complexity index is 463. The molecule has 2 aliphatic carbocycles. The van der Waals surface area contributed by atoms with Crippen LogP contribution in [0.25, 0.3) is 0 Å². The van der Waals surface area contributed by atoms with Gasteiger partial charge in [0.1, 0.15) is 11.5 Å². The molecule has 2 atom stereocenters. The maximum absolute atomic E-state index is 5.89. The summed E-state index contributed by atoms with van der Waals surface area (Å²) in [6.45, 7) is 5.42. The second-order valence-electron chi connectivity index (χ2n) is 6.71.